The first-order valence-electron chi connectivity index (χ1n) is 10.1. The summed E-state index contributed by atoms with van der Waals surface area (Å²) in [5.74, 6) is 1.04. The number of nitrogens with one attached hydrogen (secondary N) is 2. The molecule has 0 aromatic heterocycles. The smallest absolute Gasteiger partial charge is 0.319 e. The summed E-state index contributed by atoms with van der Waals surface area (Å²) < 4.78 is 37.3. The summed E-state index contributed by atoms with van der Waals surface area (Å²) in [7, 11) is -3.45. The fourth-order valence-electron chi connectivity index (χ4n) is 3.62. The number of benzene rings is 2. The van der Waals surface area contributed by atoms with Crippen LogP contribution in [0.1, 0.15) is 5.56 Å². The Morgan fingerprint density at radius 3 is 2.58 bits per heavy atom. The summed E-state index contributed by atoms with van der Waals surface area (Å²) in [6.45, 7) is 4.36. The first-order chi connectivity index (χ1) is 14.9. The molecular weight excluding hydrogens is 420 g/mol. The van der Waals surface area contributed by atoms with Crippen LogP contribution in [0.2, 0.25) is 0 Å². The minimum absolute atomic E-state index is 0.0246. The maximum Gasteiger partial charge on any atom is 0.319 e. The van der Waals surface area contributed by atoms with Gasteiger partial charge in [0.1, 0.15) is 0 Å². The highest BCUT2D eigenvalue weighted by molar-refractivity contribution is 7.89. The Bertz CT molecular complexity index is 1050. The number of carbonyl (C=O) groups is 1. The van der Waals surface area contributed by atoms with Crippen molar-refractivity contribution in [3.63, 3.8) is 0 Å². The number of hydrogen-bond donors (Lipinski definition) is 2. The van der Waals surface area contributed by atoms with E-state index >= 15 is 0 Å². The average molecular weight is 447 g/mol. The Morgan fingerprint density at radius 2 is 1.81 bits per heavy atom. The van der Waals surface area contributed by atoms with Gasteiger partial charge in [-0.05, 0) is 36.8 Å². The number of fused-ring (bicyclic) bond motifs is 1. The zero-order valence-electron chi connectivity index (χ0n) is 17.3. The van der Waals surface area contributed by atoms with Crippen LogP contribution in [0.15, 0.2) is 42.5 Å². The number of piperazine rings is 1. The van der Waals surface area contributed by atoms with Gasteiger partial charge < -0.3 is 25.0 Å². The lowest BCUT2D eigenvalue weighted by Crippen LogP contribution is -2.50. The molecule has 9 nitrogen and oxygen atoms in total. The molecule has 0 aliphatic carbocycles. The molecule has 2 heterocycles. The van der Waals surface area contributed by atoms with E-state index in [1.54, 1.807) is 18.2 Å². The summed E-state index contributed by atoms with van der Waals surface area (Å²) in [6, 6.07) is 12.8. The third-order valence-corrected chi connectivity index (χ3v) is 7.15. The van der Waals surface area contributed by atoms with Crippen molar-refractivity contribution >= 4 is 27.4 Å². The number of nitrogens with zero attached hydrogens (tertiary/aromatic N) is 2. The molecule has 2 N–H and O–H groups in total. The Morgan fingerprint density at radius 1 is 1.03 bits per heavy atom. The summed E-state index contributed by atoms with van der Waals surface area (Å²) >= 11 is 0. The van der Waals surface area contributed by atoms with Gasteiger partial charge in [0.2, 0.25) is 16.8 Å². The number of amides is 2. The zero-order chi connectivity index (χ0) is 21.8. The van der Waals surface area contributed by atoms with E-state index in [2.05, 4.69) is 21.6 Å². The Hall–Kier alpha value is -2.98. The lowest BCUT2D eigenvalue weighted by Gasteiger charge is -2.35. The summed E-state index contributed by atoms with van der Waals surface area (Å²) in [6.07, 6.45) is 0. The first kappa shape index (κ1) is 21.3. The van der Waals surface area contributed by atoms with Gasteiger partial charge in [0, 0.05) is 50.2 Å². The minimum atomic E-state index is -3.45. The molecule has 10 heteroatoms. The van der Waals surface area contributed by atoms with E-state index in [1.807, 2.05) is 25.1 Å². The zero-order valence-corrected chi connectivity index (χ0v) is 18.2. The van der Waals surface area contributed by atoms with E-state index in [-0.39, 0.29) is 19.1 Å². The van der Waals surface area contributed by atoms with Crippen molar-refractivity contribution in [2.24, 2.45) is 0 Å². The molecule has 0 bridgehead atoms. The van der Waals surface area contributed by atoms with Crippen molar-refractivity contribution in [2.45, 2.75) is 6.92 Å². The van der Waals surface area contributed by atoms with Gasteiger partial charge in [0.15, 0.2) is 11.5 Å². The number of hydrogen-bond acceptors (Lipinski definition) is 6. The van der Waals surface area contributed by atoms with Gasteiger partial charge in [0.25, 0.3) is 0 Å². The minimum Gasteiger partial charge on any atom is -0.454 e. The molecule has 0 spiro atoms. The van der Waals surface area contributed by atoms with Gasteiger partial charge in [-0.2, -0.15) is 4.31 Å². The molecule has 0 saturated carbocycles. The molecule has 2 aromatic rings. The molecular formula is C21H26N4O5S. The van der Waals surface area contributed by atoms with Crippen LogP contribution < -0.4 is 25.0 Å². The second-order valence-corrected chi connectivity index (χ2v) is 9.58. The van der Waals surface area contributed by atoms with Crippen LogP contribution in [0.5, 0.6) is 11.5 Å². The Labute approximate surface area is 182 Å². The number of rotatable bonds is 6. The maximum atomic E-state index is 12.7. The lowest BCUT2D eigenvalue weighted by atomic mass is 10.2. The van der Waals surface area contributed by atoms with Gasteiger partial charge in [-0.1, -0.05) is 12.1 Å². The normalized spacial score (nSPS) is 16.2. The topological polar surface area (TPSA) is 100 Å². The molecule has 166 valence electrons. The molecule has 0 radical (unpaired) electrons. The van der Waals surface area contributed by atoms with Crippen LogP contribution in [0.3, 0.4) is 0 Å². The van der Waals surface area contributed by atoms with E-state index in [4.69, 9.17) is 9.47 Å². The number of ether oxygens (including phenoxy) is 2. The van der Waals surface area contributed by atoms with Crippen molar-refractivity contribution in [1.29, 1.82) is 0 Å². The number of aryl methyl sites for hydroxylation is 1. The fraction of sp³-hybridized carbons (Fsp3) is 0.381. The van der Waals surface area contributed by atoms with Crippen molar-refractivity contribution in [3.05, 3.63) is 48.0 Å². The number of sulfonamides is 1. The van der Waals surface area contributed by atoms with Crippen LogP contribution in [0.25, 0.3) is 0 Å². The van der Waals surface area contributed by atoms with Crippen LogP contribution in [0, 0.1) is 6.92 Å². The van der Waals surface area contributed by atoms with Gasteiger partial charge in [0.05, 0.1) is 5.75 Å². The number of anilines is 2. The first-order valence-corrected chi connectivity index (χ1v) is 11.8. The number of carbonyl (C=O) groups excluding carboxylic acids is 1. The van der Waals surface area contributed by atoms with Crippen molar-refractivity contribution in [2.75, 3.05) is 55.5 Å². The highest BCUT2D eigenvalue weighted by atomic mass is 32.2. The molecule has 1 fully saturated rings. The maximum absolute atomic E-state index is 12.7. The van der Waals surface area contributed by atoms with Gasteiger partial charge in [-0.3, -0.25) is 0 Å². The van der Waals surface area contributed by atoms with Gasteiger partial charge in [-0.25, -0.2) is 13.2 Å². The third kappa shape index (κ3) is 5.20. The monoisotopic (exact) mass is 446 g/mol. The predicted octanol–water partition coefficient (Wildman–Crippen LogP) is 2.00. The molecule has 0 atom stereocenters. The van der Waals surface area contributed by atoms with Crippen LogP contribution in [-0.4, -0.2) is 64.0 Å². The summed E-state index contributed by atoms with van der Waals surface area (Å²) in [5.41, 5.74) is 2.83. The molecule has 0 unspecified atom stereocenters. The predicted molar refractivity (Wildman–Crippen MR) is 118 cm³/mol. The quantitative estimate of drug-likeness (QED) is 0.704. The molecule has 4 rings (SSSR count). The van der Waals surface area contributed by atoms with E-state index in [0.29, 0.717) is 43.4 Å². The van der Waals surface area contributed by atoms with Crippen LogP contribution in [-0.2, 0) is 10.0 Å². The lowest BCUT2D eigenvalue weighted by molar-refractivity contribution is 0.174. The fourth-order valence-corrected chi connectivity index (χ4v) is 4.96. The Balaban J connectivity index is 1.22. The molecule has 2 aliphatic rings. The van der Waals surface area contributed by atoms with Gasteiger partial charge in [-0.15, -0.1) is 0 Å². The second-order valence-electron chi connectivity index (χ2n) is 7.49. The van der Waals surface area contributed by atoms with E-state index in [0.717, 1.165) is 5.69 Å². The molecule has 31 heavy (non-hydrogen) atoms. The van der Waals surface area contributed by atoms with Crippen molar-refractivity contribution in [3.8, 4) is 11.5 Å². The largest absolute Gasteiger partial charge is 0.454 e. The van der Waals surface area contributed by atoms with Crippen LogP contribution in [0.4, 0.5) is 16.2 Å². The molecule has 1 saturated heterocycles. The molecule has 2 amide bonds. The Kier molecular flexibility index (Phi) is 6.19. The summed E-state index contributed by atoms with van der Waals surface area (Å²) in [4.78, 5) is 14.3. The van der Waals surface area contributed by atoms with Crippen molar-refractivity contribution in [1.82, 2.24) is 9.62 Å². The van der Waals surface area contributed by atoms with Gasteiger partial charge >= 0.3 is 6.03 Å². The van der Waals surface area contributed by atoms with E-state index in [1.165, 1.54) is 9.87 Å². The molecule has 2 aliphatic heterocycles. The molecule has 2 aromatic carbocycles. The van der Waals surface area contributed by atoms with Crippen molar-refractivity contribution < 1.29 is 22.7 Å². The van der Waals surface area contributed by atoms with Crippen LogP contribution >= 0.6 is 0 Å². The highest BCUT2D eigenvalue weighted by Gasteiger charge is 2.27. The highest BCUT2D eigenvalue weighted by Crippen LogP contribution is 2.34. The standard InChI is InChI=1S/C21H26N4O5S/c1-16-3-2-4-18(13-16)24-8-10-25(11-9-24)31(27,28)12-7-22-21(26)23-17-5-6-19-20(14-17)30-15-29-19/h2-6,13-14H,7-12,15H2,1H3,(H2,22,23,26). The summed E-state index contributed by atoms with van der Waals surface area (Å²) in [5, 5.41) is 5.26. The van der Waals surface area contributed by atoms with E-state index < -0.39 is 16.1 Å². The van der Waals surface area contributed by atoms with E-state index in [9.17, 15) is 13.2 Å². The third-order valence-electron chi connectivity index (χ3n) is 5.27. The number of urea groups is 1. The SMILES string of the molecule is Cc1cccc(N2CCN(S(=O)(=O)CCNC(=O)Nc3ccc4c(c3)OCO4)CC2)c1. The second kappa shape index (κ2) is 9.03. The average Bonchev–Trinajstić information content (AvgIpc) is 3.21.